The summed E-state index contributed by atoms with van der Waals surface area (Å²) in [6.45, 7) is 2.77. The molecule has 1 aliphatic heterocycles. The van der Waals surface area contributed by atoms with Gasteiger partial charge in [-0.05, 0) is 42.3 Å². The molecule has 4 nitrogen and oxygen atoms in total. The summed E-state index contributed by atoms with van der Waals surface area (Å²) in [4.78, 5) is 13.7. The first kappa shape index (κ1) is 12.5. The first-order valence-electron chi connectivity index (χ1n) is 5.83. The van der Waals surface area contributed by atoms with Crippen molar-refractivity contribution in [3.8, 4) is 0 Å². The van der Waals surface area contributed by atoms with Crippen LogP contribution in [0.1, 0.15) is 28.1 Å². The molecule has 0 aromatic carbocycles. The molecule has 5 heteroatoms. The van der Waals surface area contributed by atoms with Crippen molar-refractivity contribution in [3.63, 3.8) is 0 Å². The van der Waals surface area contributed by atoms with E-state index < -0.39 is 5.97 Å². The number of carboxylic acid groups (broad SMARTS) is 1. The zero-order valence-electron chi connectivity index (χ0n) is 9.63. The number of aromatic carboxylic acids is 1. The predicted molar refractivity (Wildman–Crippen MR) is 66.4 cm³/mol. The fourth-order valence-corrected chi connectivity index (χ4v) is 3.09. The van der Waals surface area contributed by atoms with Gasteiger partial charge in [0.1, 0.15) is 4.88 Å². The maximum Gasteiger partial charge on any atom is 0.346 e. The number of nitrogens with zero attached hydrogens (tertiary/aromatic N) is 1. The first-order valence-corrected chi connectivity index (χ1v) is 6.71. The van der Waals surface area contributed by atoms with E-state index in [-0.39, 0.29) is 6.61 Å². The minimum Gasteiger partial charge on any atom is -0.477 e. The minimum atomic E-state index is -0.842. The molecule has 94 valence electrons. The van der Waals surface area contributed by atoms with Crippen molar-refractivity contribution in [3.05, 3.63) is 21.9 Å². The van der Waals surface area contributed by atoms with Gasteiger partial charge < -0.3 is 10.2 Å². The highest BCUT2D eigenvalue weighted by molar-refractivity contribution is 7.12. The van der Waals surface area contributed by atoms with Crippen molar-refractivity contribution in [1.82, 2.24) is 4.90 Å². The van der Waals surface area contributed by atoms with Crippen molar-refractivity contribution < 1.29 is 15.0 Å². The van der Waals surface area contributed by atoms with Crippen LogP contribution in [0, 0.1) is 5.92 Å². The number of carboxylic acids is 1. The molecule has 17 heavy (non-hydrogen) atoms. The summed E-state index contributed by atoms with van der Waals surface area (Å²) in [7, 11) is 0. The molecule has 0 spiro atoms. The highest BCUT2D eigenvalue weighted by atomic mass is 32.1. The summed E-state index contributed by atoms with van der Waals surface area (Å²) in [5.41, 5.74) is 0.890. The molecule has 1 aromatic rings. The summed E-state index contributed by atoms with van der Waals surface area (Å²) < 4.78 is 0. The first-order chi connectivity index (χ1) is 8.20. The highest BCUT2D eigenvalue weighted by Crippen LogP contribution is 2.22. The van der Waals surface area contributed by atoms with Gasteiger partial charge in [-0.25, -0.2) is 4.79 Å². The Morgan fingerprint density at radius 2 is 2.41 bits per heavy atom. The zero-order chi connectivity index (χ0) is 12.3. The average Bonchev–Trinajstić information content (AvgIpc) is 2.77. The van der Waals surface area contributed by atoms with Gasteiger partial charge in [0.05, 0.1) is 0 Å². The lowest BCUT2D eigenvalue weighted by atomic mass is 9.98. The van der Waals surface area contributed by atoms with Crippen molar-refractivity contribution >= 4 is 17.3 Å². The monoisotopic (exact) mass is 255 g/mol. The smallest absolute Gasteiger partial charge is 0.346 e. The van der Waals surface area contributed by atoms with Gasteiger partial charge in [-0.3, -0.25) is 4.90 Å². The van der Waals surface area contributed by atoms with Crippen molar-refractivity contribution in [1.29, 1.82) is 0 Å². The molecule has 0 aliphatic carbocycles. The number of hydrogen-bond acceptors (Lipinski definition) is 4. The lowest BCUT2D eigenvalue weighted by Gasteiger charge is -2.31. The van der Waals surface area contributed by atoms with Crippen molar-refractivity contribution in [2.45, 2.75) is 19.4 Å². The van der Waals surface area contributed by atoms with Gasteiger partial charge in [-0.1, -0.05) is 0 Å². The van der Waals surface area contributed by atoms with Crippen LogP contribution in [0.5, 0.6) is 0 Å². The molecule has 0 amide bonds. The third-order valence-corrected chi connectivity index (χ3v) is 4.14. The Morgan fingerprint density at radius 1 is 1.59 bits per heavy atom. The van der Waals surface area contributed by atoms with Gasteiger partial charge in [0.2, 0.25) is 0 Å². The van der Waals surface area contributed by atoms with E-state index in [1.165, 1.54) is 11.3 Å². The van der Waals surface area contributed by atoms with E-state index in [2.05, 4.69) is 4.90 Å². The van der Waals surface area contributed by atoms with E-state index >= 15 is 0 Å². The molecule has 2 heterocycles. The molecule has 1 aromatic heterocycles. The number of likely N-dealkylation sites (tertiary alicyclic amines) is 1. The molecule has 1 unspecified atom stereocenters. The Labute approximate surface area is 104 Å². The van der Waals surface area contributed by atoms with E-state index in [1.54, 1.807) is 0 Å². The van der Waals surface area contributed by atoms with Crippen LogP contribution < -0.4 is 0 Å². The zero-order valence-corrected chi connectivity index (χ0v) is 10.4. The quantitative estimate of drug-likeness (QED) is 0.859. The van der Waals surface area contributed by atoms with Crippen LogP contribution in [0.4, 0.5) is 0 Å². The van der Waals surface area contributed by atoms with Crippen LogP contribution in [-0.2, 0) is 6.54 Å². The van der Waals surface area contributed by atoms with E-state index in [4.69, 9.17) is 10.2 Å². The van der Waals surface area contributed by atoms with E-state index in [0.29, 0.717) is 17.3 Å². The van der Waals surface area contributed by atoms with Gasteiger partial charge in [0, 0.05) is 19.7 Å². The van der Waals surface area contributed by atoms with E-state index in [9.17, 15) is 4.79 Å². The average molecular weight is 255 g/mol. The maximum absolute atomic E-state index is 11.0. The Kier molecular flexibility index (Phi) is 4.15. The maximum atomic E-state index is 11.0. The number of aliphatic hydroxyl groups excluding tert-OH is 1. The molecule has 2 rings (SSSR count). The molecule has 1 saturated heterocycles. The topological polar surface area (TPSA) is 60.8 Å². The molecule has 2 N–H and O–H groups in total. The summed E-state index contributed by atoms with van der Waals surface area (Å²) in [6.07, 6.45) is 2.15. The van der Waals surface area contributed by atoms with E-state index in [1.807, 2.05) is 11.4 Å². The SMILES string of the molecule is O=C(O)c1sccc1CN1CCCC(CO)C1. The summed E-state index contributed by atoms with van der Waals surface area (Å²) in [6, 6.07) is 1.89. The largest absolute Gasteiger partial charge is 0.477 e. The second kappa shape index (κ2) is 5.62. The molecule has 0 bridgehead atoms. The van der Waals surface area contributed by atoms with Crippen molar-refractivity contribution in [2.75, 3.05) is 19.7 Å². The molecule has 0 radical (unpaired) electrons. The Balaban J connectivity index is 2.00. The molecule has 1 fully saturated rings. The van der Waals surface area contributed by atoms with Gasteiger partial charge in [-0.2, -0.15) is 0 Å². The van der Waals surface area contributed by atoms with Crippen LogP contribution in [-0.4, -0.2) is 40.8 Å². The number of aliphatic hydroxyl groups is 1. The van der Waals surface area contributed by atoms with Crippen LogP contribution in [0.2, 0.25) is 0 Å². The fourth-order valence-electron chi connectivity index (χ4n) is 2.33. The number of carbonyl (C=O) groups is 1. The van der Waals surface area contributed by atoms with Crippen LogP contribution in [0.3, 0.4) is 0 Å². The second-order valence-corrected chi connectivity index (χ2v) is 5.42. The van der Waals surface area contributed by atoms with Crippen molar-refractivity contribution in [2.24, 2.45) is 5.92 Å². The lowest BCUT2D eigenvalue weighted by Crippen LogP contribution is -2.36. The third-order valence-electron chi connectivity index (χ3n) is 3.20. The van der Waals surface area contributed by atoms with Gasteiger partial charge in [0.15, 0.2) is 0 Å². The van der Waals surface area contributed by atoms with Crippen LogP contribution in [0.25, 0.3) is 0 Å². The predicted octanol–water partition coefficient (Wildman–Crippen LogP) is 1.65. The molecule has 0 saturated carbocycles. The minimum absolute atomic E-state index is 0.228. The normalized spacial score (nSPS) is 21.6. The summed E-state index contributed by atoms with van der Waals surface area (Å²) in [5, 5.41) is 20.0. The molecule has 1 aliphatic rings. The number of hydrogen-bond donors (Lipinski definition) is 2. The Hall–Kier alpha value is -0.910. The van der Waals surface area contributed by atoms with Gasteiger partial charge >= 0.3 is 5.97 Å². The number of rotatable bonds is 4. The van der Waals surface area contributed by atoms with Gasteiger partial charge in [-0.15, -0.1) is 11.3 Å². The lowest BCUT2D eigenvalue weighted by molar-refractivity contribution is 0.0698. The molecular weight excluding hydrogens is 238 g/mol. The Morgan fingerprint density at radius 3 is 3.12 bits per heavy atom. The van der Waals surface area contributed by atoms with Crippen LogP contribution in [0.15, 0.2) is 11.4 Å². The summed E-state index contributed by atoms with van der Waals surface area (Å²) in [5.74, 6) is -0.499. The van der Waals surface area contributed by atoms with E-state index in [0.717, 1.165) is 31.5 Å². The molecule has 1 atom stereocenters. The van der Waals surface area contributed by atoms with Gasteiger partial charge in [0.25, 0.3) is 0 Å². The van der Waals surface area contributed by atoms with Crippen LogP contribution >= 0.6 is 11.3 Å². The number of thiophene rings is 1. The number of piperidine rings is 1. The summed E-state index contributed by atoms with van der Waals surface area (Å²) >= 11 is 1.28. The molecular formula is C12H17NO3S. The standard InChI is InChI=1S/C12H17NO3S/c14-8-9-2-1-4-13(6-9)7-10-3-5-17-11(10)12(15)16/h3,5,9,14H,1-2,4,6-8H2,(H,15,16). The third kappa shape index (κ3) is 3.06. The highest BCUT2D eigenvalue weighted by Gasteiger charge is 2.21. The fraction of sp³-hybridized carbons (Fsp3) is 0.583. The Bertz CT molecular complexity index is 391. The second-order valence-electron chi connectivity index (χ2n) is 4.51.